The average molecular weight is 353 g/mol. The molecule has 0 spiro atoms. The third-order valence-electron chi connectivity index (χ3n) is 4.96. The highest BCUT2D eigenvalue weighted by atomic mass is 32.2. The first-order valence-corrected chi connectivity index (χ1v) is 10.1. The van der Waals surface area contributed by atoms with Crippen LogP contribution < -0.4 is 5.32 Å². The SMILES string of the molecule is Cc1ccc(S(=O)(=O)N2CCN(C[C@]3(O)CCCNC3)CC2)cc1. The van der Waals surface area contributed by atoms with Gasteiger partial charge in [0.15, 0.2) is 0 Å². The van der Waals surface area contributed by atoms with Crippen LogP contribution in [0.15, 0.2) is 29.2 Å². The zero-order valence-corrected chi connectivity index (χ0v) is 15.1. The van der Waals surface area contributed by atoms with Crippen LogP contribution in [0.4, 0.5) is 0 Å². The van der Waals surface area contributed by atoms with E-state index in [1.54, 1.807) is 16.4 Å². The van der Waals surface area contributed by atoms with Crippen LogP contribution in [0.5, 0.6) is 0 Å². The molecular weight excluding hydrogens is 326 g/mol. The topological polar surface area (TPSA) is 72.9 Å². The minimum absolute atomic E-state index is 0.358. The fourth-order valence-corrected chi connectivity index (χ4v) is 4.91. The minimum atomic E-state index is -3.42. The summed E-state index contributed by atoms with van der Waals surface area (Å²) in [6.07, 6.45) is 1.79. The van der Waals surface area contributed by atoms with Crippen LogP contribution in [-0.4, -0.2) is 74.1 Å². The van der Waals surface area contributed by atoms with Gasteiger partial charge in [0.2, 0.25) is 10.0 Å². The van der Waals surface area contributed by atoms with Gasteiger partial charge in [0.05, 0.1) is 10.5 Å². The molecule has 0 bridgehead atoms. The van der Waals surface area contributed by atoms with E-state index in [-0.39, 0.29) is 0 Å². The number of aliphatic hydroxyl groups is 1. The van der Waals surface area contributed by atoms with Gasteiger partial charge >= 0.3 is 0 Å². The molecule has 0 aliphatic carbocycles. The summed E-state index contributed by atoms with van der Waals surface area (Å²) < 4.78 is 27.0. The van der Waals surface area contributed by atoms with Gasteiger partial charge in [0.25, 0.3) is 0 Å². The molecule has 6 nitrogen and oxygen atoms in total. The molecule has 0 aromatic heterocycles. The standard InChI is InChI=1S/C17H27N3O3S/c1-15-3-5-16(6-4-15)24(22,23)20-11-9-19(10-12-20)14-17(21)7-2-8-18-13-17/h3-6,18,21H,2,7-14H2,1H3/t17-/m0/s1. The van der Waals surface area contributed by atoms with Crippen LogP contribution >= 0.6 is 0 Å². The lowest BCUT2D eigenvalue weighted by Crippen LogP contribution is -2.57. The highest BCUT2D eigenvalue weighted by Crippen LogP contribution is 2.21. The predicted molar refractivity (Wildman–Crippen MR) is 93.4 cm³/mol. The second kappa shape index (κ2) is 7.09. The molecule has 7 heteroatoms. The largest absolute Gasteiger partial charge is 0.387 e. The summed E-state index contributed by atoms with van der Waals surface area (Å²) in [5.74, 6) is 0. The molecule has 2 fully saturated rings. The Labute approximate surface area is 144 Å². The molecule has 2 saturated heterocycles. The van der Waals surface area contributed by atoms with Crippen molar-refractivity contribution in [2.45, 2.75) is 30.3 Å². The second-order valence-electron chi connectivity index (χ2n) is 7.00. The van der Waals surface area contributed by atoms with Gasteiger partial charge in [0, 0.05) is 39.3 Å². The van der Waals surface area contributed by atoms with Gasteiger partial charge in [-0.1, -0.05) is 17.7 Å². The molecule has 2 N–H and O–H groups in total. The number of β-amino-alcohol motifs (C(OH)–C–C–N with tert-alkyl or cyclic N) is 1. The second-order valence-corrected chi connectivity index (χ2v) is 8.94. The molecule has 0 amide bonds. The van der Waals surface area contributed by atoms with E-state index in [2.05, 4.69) is 10.2 Å². The molecule has 0 saturated carbocycles. The third kappa shape index (κ3) is 3.97. The van der Waals surface area contributed by atoms with Gasteiger partial charge in [-0.3, -0.25) is 4.90 Å². The molecule has 1 aromatic rings. The number of benzene rings is 1. The molecule has 134 valence electrons. The number of piperazine rings is 1. The fourth-order valence-electron chi connectivity index (χ4n) is 3.49. The molecular formula is C17H27N3O3S. The van der Waals surface area contributed by atoms with E-state index in [4.69, 9.17) is 0 Å². The van der Waals surface area contributed by atoms with Gasteiger partial charge in [-0.2, -0.15) is 4.31 Å². The molecule has 3 rings (SSSR count). The van der Waals surface area contributed by atoms with Crippen molar-refractivity contribution < 1.29 is 13.5 Å². The fraction of sp³-hybridized carbons (Fsp3) is 0.647. The third-order valence-corrected chi connectivity index (χ3v) is 6.87. The molecule has 1 aromatic carbocycles. The number of nitrogens with zero attached hydrogens (tertiary/aromatic N) is 2. The number of rotatable bonds is 4. The molecule has 2 aliphatic heterocycles. The summed E-state index contributed by atoms with van der Waals surface area (Å²) in [5, 5.41) is 13.9. The minimum Gasteiger partial charge on any atom is -0.387 e. The number of piperidine rings is 1. The molecule has 2 aliphatic rings. The van der Waals surface area contributed by atoms with Crippen LogP contribution in [0.2, 0.25) is 0 Å². The van der Waals surface area contributed by atoms with Crippen molar-refractivity contribution in [2.75, 3.05) is 45.8 Å². The van der Waals surface area contributed by atoms with Crippen molar-refractivity contribution in [3.05, 3.63) is 29.8 Å². The molecule has 0 radical (unpaired) electrons. The summed E-state index contributed by atoms with van der Waals surface area (Å²) in [4.78, 5) is 2.53. The summed E-state index contributed by atoms with van der Waals surface area (Å²) in [7, 11) is -3.42. The van der Waals surface area contributed by atoms with Crippen molar-refractivity contribution in [3.63, 3.8) is 0 Å². The summed E-state index contributed by atoms with van der Waals surface area (Å²) in [6, 6.07) is 7.00. The van der Waals surface area contributed by atoms with E-state index in [0.717, 1.165) is 24.9 Å². The Bertz CT molecular complexity index is 646. The predicted octanol–water partition coefficient (Wildman–Crippen LogP) is 0.416. The molecule has 24 heavy (non-hydrogen) atoms. The lowest BCUT2D eigenvalue weighted by molar-refractivity contribution is -0.0212. The van der Waals surface area contributed by atoms with Gasteiger partial charge in [0.1, 0.15) is 0 Å². The van der Waals surface area contributed by atoms with E-state index >= 15 is 0 Å². The maximum Gasteiger partial charge on any atom is 0.243 e. The van der Waals surface area contributed by atoms with E-state index in [1.807, 2.05) is 19.1 Å². The average Bonchev–Trinajstić information content (AvgIpc) is 2.56. The van der Waals surface area contributed by atoms with Crippen molar-refractivity contribution in [1.29, 1.82) is 0 Å². The Hall–Kier alpha value is -0.990. The van der Waals surface area contributed by atoms with Crippen LogP contribution in [0, 0.1) is 6.92 Å². The first kappa shape index (κ1) is 17.8. The van der Waals surface area contributed by atoms with Crippen LogP contribution in [0.3, 0.4) is 0 Å². The van der Waals surface area contributed by atoms with Gasteiger partial charge in [-0.05, 0) is 38.4 Å². The molecule has 1 atom stereocenters. The molecule has 0 unspecified atom stereocenters. The van der Waals surface area contributed by atoms with Crippen molar-refractivity contribution >= 4 is 10.0 Å². The van der Waals surface area contributed by atoms with E-state index in [0.29, 0.717) is 44.2 Å². The Morgan fingerprint density at radius 2 is 1.83 bits per heavy atom. The number of sulfonamides is 1. The van der Waals surface area contributed by atoms with Gasteiger partial charge in [-0.25, -0.2) is 8.42 Å². The monoisotopic (exact) mass is 353 g/mol. The smallest absolute Gasteiger partial charge is 0.243 e. The van der Waals surface area contributed by atoms with E-state index in [1.165, 1.54) is 0 Å². The van der Waals surface area contributed by atoms with Gasteiger partial charge in [-0.15, -0.1) is 0 Å². The van der Waals surface area contributed by atoms with Crippen molar-refractivity contribution in [2.24, 2.45) is 0 Å². The zero-order chi connectivity index (χ0) is 17.2. The summed E-state index contributed by atoms with van der Waals surface area (Å²) in [6.45, 7) is 6.40. The first-order valence-electron chi connectivity index (χ1n) is 8.61. The highest BCUT2D eigenvalue weighted by molar-refractivity contribution is 7.89. The van der Waals surface area contributed by atoms with E-state index in [9.17, 15) is 13.5 Å². The van der Waals surface area contributed by atoms with Gasteiger partial charge < -0.3 is 10.4 Å². The van der Waals surface area contributed by atoms with Crippen molar-refractivity contribution in [1.82, 2.24) is 14.5 Å². The summed E-state index contributed by atoms with van der Waals surface area (Å²) >= 11 is 0. The Kier molecular flexibility index (Phi) is 5.27. The lowest BCUT2D eigenvalue weighted by atomic mass is 9.93. The number of hydrogen-bond donors (Lipinski definition) is 2. The number of nitrogens with one attached hydrogen (secondary N) is 1. The zero-order valence-electron chi connectivity index (χ0n) is 14.2. The lowest BCUT2D eigenvalue weighted by Gasteiger charge is -2.40. The maximum absolute atomic E-state index is 12.7. The highest BCUT2D eigenvalue weighted by Gasteiger charge is 2.34. The summed E-state index contributed by atoms with van der Waals surface area (Å²) in [5.41, 5.74) is 0.365. The quantitative estimate of drug-likeness (QED) is 0.821. The Morgan fingerprint density at radius 1 is 1.17 bits per heavy atom. The van der Waals surface area contributed by atoms with Crippen LogP contribution in [-0.2, 0) is 10.0 Å². The van der Waals surface area contributed by atoms with E-state index < -0.39 is 15.6 Å². The van der Waals surface area contributed by atoms with Crippen molar-refractivity contribution in [3.8, 4) is 0 Å². The molecule has 2 heterocycles. The van der Waals surface area contributed by atoms with Crippen LogP contribution in [0.25, 0.3) is 0 Å². The number of hydrogen-bond acceptors (Lipinski definition) is 5. The normalized spacial score (nSPS) is 27.2. The maximum atomic E-state index is 12.7. The Morgan fingerprint density at radius 3 is 2.42 bits per heavy atom. The van der Waals surface area contributed by atoms with Crippen LogP contribution in [0.1, 0.15) is 18.4 Å². The Balaban J connectivity index is 1.59. The number of aryl methyl sites for hydroxylation is 1. The first-order chi connectivity index (χ1) is 11.4.